The summed E-state index contributed by atoms with van der Waals surface area (Å²) in [4.78, 5) is 24.5. The van der Waals surface area contributed by atoms with Gasteiger partial charge in [-0.25, -0.2) is 4.68 Å². The molecule has 8 nitrogen and oxygen atoms in total. The largest absolute Gasteiger partial charge is 0.435 e. The molecule has 0 aliphatic heterocycles. The van der Waals surface area contributed by atoms with Crippen molar-refractivity contribution in [2.45, 2.75) is 20.5 Å². The maximum absolute atomic E-state index is 12.4. The van der Waals surface area contributed by atoms with E-state index in [0.717, 1.165) is 10.0 Å². The van der Waals surface area contributed by atoms with Crippen LogP contribution in [0.5, 0.6) is 5.75 Å². The number of halogens is 3. The Morgan fingerprint density at radius 1 is 1.16 bits per heavy atom. The van der Waals surface area contributed by atoms with Gasteiger partial charge in [0.05, 0.1) is 17.9 Å². The molecule has 2 aromatic carbocycles. The summed E-state index contributed by atoms with van der Waals surface area (Å²) in [7, 11) is 0. The number of carbonyl (C=O) groups excluding carboxylic acids is 2. The molecule has 0 saturated heterocycles. The summed E-state index contributed by atoms with van der Waals surface area (Å²) in [5, 5.41) is 13.0. The van der Waals surface area contributed by atoms with Gasteiger partial charge in [0.25, 0.3) is 5.91 Å². The maximum Gasteiger partial charge on any atom is 0.387 e. The predicted molar refractivity (Wildman–Crippen MR) is 113 cm³/mol. The first-order chi connectivity index (χ1) is 14.7. The van der Waals surface area contributed by atoms with Crippen LogP contribution in [0.2, 0.25) is 0 Å². The topological polar surface area (TPSA) is 98.1 Å². The summed E-state index contributed by atoms with van der Waals surface area (Å²) in [5.41, 5.74) is 2.54. The summed E-state index contributed by atoms with van der Waals surface area (Å²) < 4.78 is 31.1. The first kappa shape index (κ1) is 22.3. The third-order valence-electron chi connectivity index (χ3n) is 4.27. The molecule has 1 aromatic heterocycles. The molecule has 31 heavy (non-hydrogen) atoms. The van der Waals surface area contributed by atoms with Gasteiger partial charge in [0.15, 0.2) is 5.69 Å². The lowest BCUT2D eigenvalue weighted by molar-refractivity contribution is -0.115. The van der Waals surface area contributed by atoms with Gasteiger partial charge in [0, 0.05) is 10.2 Å². The summed E-state index contributed by atoms with van der Waals surface area (Å²) in [6.07, 6.45) is 0. The molecule has 3 rings (SSSR count). The van der Waals surface area contributed by atoms with E-state index in [1.54, 1.807) is 19.1 Å². The van der Waals surface area contributed by atoms with Gasteiger partial charge in [-0.15, -0.1) is 5.10 Å². The van der Waals surface area contributed by atoms with Gasteiger partial charge in [0.1, 0.15) is 5.75 Å². The highest BCUT2D eigenvalue weighted by molar-refractivity contribution is 9.10. The second-order valence-electron chi connectivity index (χ2n) is 6.50. The number of aromatic nitrogens is 3. The number of anilines is 1. The van der Waals surface area contributed by atoms with Crippen LogP contribution >= 0.6 is 15.9 Å². The number of aryl methyl sites for hydroxylation is 1. The van der Waals surface area contributed by atoms with Crippen LogP contribution in [0.15, 0.2) is 46.9 Å². The molecule has 0 bridgehead atoms. The number of rotatable bonds is 7. The van der Waals surface area contributed by atoms with Crippen LogP contribution < -0.4 is 15.4 Å². The molecule has 0 spiro atoms. The molecular formula is C20H18BrF2N5O3. The van der Waals surface area contributed by atoms with Crippen LogP contribution in [-0.4, -0.2) is 40.0 Å². The van der Waals surface area contributed by atoms with E-state index in [0.29, 0.717) is 17.1 Å². The molecule has 3 aromatic rings. The number of hydrogen-bond donors (Lipinski definition) is 2. The van der Waals surface area contributed by atoms with Gasteiger partial charge in [-0.05, 0) is 61.9 Å². The number of ether oxygens (including phenoxy) is 1. The first-order valence-corrected chi connectivity index (χ1v) is 9.85. The minimum Gasteiger partial charge on any atom is -0.435 e. The Balaban J connectivity index is 1.61. The number of nitrogens with one attached hydrogen (secondary N) is 2. The van der Waals surface area contributed by atoms with E-state index < -0.39 is 18.4 Å². The standard InChI is InChI=1S/C20H18BrF2N5O3/c1-11-9-13(3-8-16(11)21)25-17(29)10-24-19(30)18-12(2)28(27-26-18)14-4-6-15(7-5-14)31-20(22)23/h3-9,20H,10H2,1-2H3,(H,24,30)(H,25,29). The number of benzene rings is 2. The minimum absolute atomic E-state index is 0.00136. The molecule has 2 N–H and O–H groups in total. The van der Waals surface area contributed by atoms with Crippen LogP contribution in [-0.2, 0) is 4.79 Å². The van der Waals surface area contributed by atoms with Crippen molar-refractivity contribution in [3.8, 4) is 11.4 Å². The number of amides is 2. The second kappa shape index (κ2) is 9.65. The van der Waals surface area contributed by atoms with Gasteiger partial charge in [-0.2, -0.15) is 8.78 Å². The average Bonchev–Trinajstić information content (AvgIpc) is 3.10. The van der Waals surface area contributed by atoms with E-state index in [2.05, 4.69) is 41.6 Å². The first-order valence-electron chi connectivity index (χ1n) is 9.06. The molecule has 0 aliphatic rings. The maximum atomic E-state index is 12.4. The van der Waals surface area contributed by atoms with Gasteiger partial charge < -0.3 is 15.4 Å². The van der Waals surface area contributed by atoms with Crippen LogP contribution in [0.1, 0.15) is 21.7 Å². The lowest BCUT2D eigenvalue weighted by atomic mass is 10.2. The number of alkyl halides is 2. The van der Waals surface area contributed by atoms with Crippen molar-refractivity contribution in [2.75, 3.05) is 11.9 Å². The van der Waals surface area contributed by atoms with E-state index >= 15 is 0 Å². The molecule has 0 fully saturated rings. The lowest BCUT2D eigenvalue weighted by Crippen LogP contribution is -2.33. The monoisotopic (exact) mass is 493 g/mol. The zero-order valence-corrected chi connectivity index (χ0v) is 18.1. The van der Waals surface area contributed by atoms with E-state index in [1.165, 1.54) is 28.9 Å². The van der Waals surface area contributed by atoms with Crippen molar-refractivity contribution >= 4 is 33.4 Å². The molecule has 162 valence electrons. The molecule has 11 heteroatoms. The molecule has 0 aliphatic carbocycles. The summed E-state index contributed by atoms with van der Waals surface area (Å²) in [6.45, 7) is 0.357. The van der Waals surface area contributed by atoms with Crippen LogP contribution in [0.3, 0.4) is 0 Å². The minimum atomic E-state index is -2.92. The van der Waals surface area contributed by atoms with E-state index in [4.69, 9.17) is 0 Å². The Hall–Kier alpha value is -3.34. The normalized spacial score (nSPS) is 10.8. The number of hydrogen-bond acceptors (Lipinski definition) is 5. The number of carbonyl (C=O) groups is 2. The fourth-order valence-corrected chi connectivity index (χ4v) is 2.97. The summed E-state index contributed by atoms with van der Waals surface area (Å²) in [5.74, 6) is -0.959. The van der Waals surface area contributed by atoms with Crippen molar-refractivity contribution in [2.24, 2.45) is 0 Å². The Bertz CT molecular complexity index is 1100. The molecule has 2 amide bonds. The Morgan fingerprint density at radius 2 is 1.87 bits per heavy atom. The Labute approximate surface area is 184 Å². The zero-order chi connectivity index (χ0) is 22.5. The molecular weight excluding hydrogens is 476 g/mol. The average molecular weight is 494 g/mol. The molecule has 0 saturated carbocycles. The fourth-order valence-electron chi connectivity index (χ4n) is 2.72. The van der Waals surface area contributed by atoms with Gasteiger partial charge in [0.2, 0.25) is 5.91 Å². The highest BCUT2D eigenvalue weighted by atomic mass is 79.9. The SMILES string of the molecule is Cc1cc(NC(=O)CNC(=O)c2nnn(-c3ccc(OC(F)F)cc3)c2C)ccc1Br. The highest BCUT2D eigenvalue weighted by Gasteiger charge is 2.18. The van der Waals surface area contributed by atoms with Gasteiger partial charge in [-0.3, -0.25) is 9.59 Å². The lowest BCUT2D eigenvalue weighted by Gasteiger charge is -2.08. The third-order valence-corrected chi connectivity index (χ3v) is 5.16. The van der Waals surface area contributed by atoms with E-state index in [-0.39, 0.29) is 18.0 Å². The van der Waals surface area contributed by atoms with Crippen molar-refractivity contribution < 1.29 is 23.1 Å². The molecule has 1 heterocycles. The molecule has 0 unspecified atom stereocenters. The van der Waals surface area contributed by atoms with E-state index in [9.17, 15) is 18.4 Å². The second-order valence-corrected chi connectivity index (χ2v) is 7.36. The van der Waals surface area contributed by atoms with Crippen LogP contribution in [0.4, 0.5) is 14.5 Å². The predicted octanol–water partition coefficient (Wildman–Crippen LogP) is 3.62. The summed E-state index contributed by atoms with van der Waals surface area (Å²) in [6, 6.07) is 11.1. The van der Waals surface area contributed by atoms with Crippen molar-refractivity contribution in [3.63, 3.8) is 0 Å². The van der Waals surface area contributed by atoms with Crippen LogP contribution in [0.25, 0.3) is 5.69 Å². The molecule has 0 atom stereocenters. The quantitative estimate of drug-likeness (QED) is 0.523. The number of nitrogens with zero attached hydrogens (tertiary/aromatic N) is 3. The smallest absolute Gasteiger partial charge is 0.387 e. The van der Waals surface area contributed by atoms with Crippen molar-refractivity contribution in [3.05, 3.63) is 63.9 Å². The Kier molecular flexibility index (Phi) is 6.95. The Morgan fingerprint density at radius 3 is 2.52 bits per heavy atom. The van der Waals surface area contributed by atoms with Crippen molar-refractivity contribution in [1.82, 2.24) is 20.3 Å². The zero-order valence-electron chi connectivity index (χ0n) is 16.5. The van der Waals surface area contributed by atoms with E-state index in [1.807, 2.05) is 13.0 Å². The van der Waals surface area contributed by atoms with Crippen molar-refractivity contribution in [1.29, 1.82) is 0 Å². The molecule has 0 radical (unpaired) electrons. The highest BCUT2D eigenvalue weighted by Crippen LogP contribution is 2.20. The van der Waals surface area contributed by atoms with Gasteiger partial charge >= 0.3 is 6.61 Å². The van der Waals surface area contributed by atoms with Gasteiger partial charge in [-0.1, -0.05) is 21.1 Å². The van der Waals surface area contributed by atoms with Crippen LogP contribution in [0, 0.1) is 13.8 Å². The fraction of sp³-hybridized carbons (Fsp3) is 0.200. The third kappa shape index (κ3) is 5.63. The summed E-state index contributed by atoms with van der Waals surface area (Å²) >= 11 is 3.39.